The highest BCUT2D eigenvalue weighted by Gasteiger charge is 2.20. The second kappa shape index (κ2) is 6.01. The highest BCUT2D eigenvalue weighted by molar-refractivity contribution is 6.32. The average molecular weight is 306 g/mol. The normalized spacial score (nSPS) is 12.8. The van der Waals surface area contributed by atoms with Gasteiger partial charge in [0.1, 0.15) is 19.8 Å². The molecule has 0 aliphatic carbocycles. The van der Waals surface area contributed by atoms with Gasteiger partial charge in [-0.2, -0.15) is 0 Å². The molecule has 0 radical (unpaired) electrons. The van der Waals surface area contributed by atoms with Gasteiger partial charge in [0.05, 0.1) is 10.6 Å². The van der Waals surface area contributed by atoms with E-state index < -0.39 is 5.97 Å². The van der Waals surface area contributed by atoms with Crippen LogP contribution < -0.4 is 9.47 Å². The molecular formula is C15H12ClNO4. The van der Waals surface area contributed by atoms with Crippen LogP contribution in [-0.2, 0) is 11.3 Å². The summed E-state index contributed by atoms with van der Waals surface area (Å²) in [6, 6.07) is 6.70. The number of rotatable bonds is 3. The van der Waals surface area contributed by atoms with Gasteiger partial charge in [0.25, 0.3) is 0 Å². The fourth-order valence-electron chi connectivity index (χ4n) is 1.94. The molecule has 0 atom stereocenters. The second-order valence-electron chi connectivity index (χ2n) is 4.42. The van der Waals surface area contributed by atoms with Crippen molar-refractivity contribution >= 4 is 17.6 Å². The zero-order valence-corrected chi connectivity index (χ0v) is 11.8. The van der Waals surface area contributed by atoms with Gasteiger partial charge in [-0.25, -0.2) is 4.79 Å². The van der Waals surface area contributed by atoms with Gasteiger partial charge in [-0.3, -0.25) is 4.98 Å². The molecule has 0 amide bonds. The number of esters is 1. The summed E-state index contributed by atoms with van der Waals surface area (Å²) in [6.45, 7) is 1.02. The van der Waals surface area contributed by atoms with Gasteiger partial charge in [0.2, 0.25) is 0 Å². The monoisotopic (exact) mass is 305 g/mol. The maximum Gasteiger partial charge on any atom is 0.338 e. The van der Waals surface area contributed by atoms with Crippen LogP contribution >= 0.6 is 11.6 Å². The largest absolute Gasteiger partial charge is 0.486 e. The Labute approximate surface area is 126 Å². The van der Waals surface area contributed by atoms with E-state index in [2.05, 4.69) is 4.98 Å². The zero-order chi connectivity index (χ0) is 14.7. The summed E-state index contributed by atoms with van der Waals surface area (Å²) in [7, 11) is 0. The van der Waals surface area contributed by atoms with Crippen molar-refractivity contribution in [3.8, 4) is 11.5 Å². The van der Waals surface area contributed by atoms with E-state index in [1.54, 1.807) is 24.5 Å². The van der Waals surface area contributed by atoms with E-state index in [1.807, 2.05) is 6.07 Å². The Kier molecular flexibility index (Phi) is 3.92. The lowest BCUT2D eigenvalue weighted by Gasteiger charge is -2.20. The highest BCUT2D eigenvalue weighted by atomic mass is 35.5. The number of carbonyl (C=O) groups is 1. The third-order valence-corrected chi connectivity index (χ3v) is 3.21. The Morgan fingerprint density at radius 3 is 3.00 bits per heavy atom. The predicted molar refractivity (Wildman–Crippen MR) is 75.8 cm³/mol. The lowest BCUT2D eigenvalue weighted by molar-refractivity contribution is 0.0471. The van der Waals surface area contributed by atoms with Crippen LogP contribution in [0.5, 0.6) is 11.5 Å². The molecular weight excluding hydrogens is 294 g/mol. The third kappa shape index (κ3) is 3.08. The summed E-state index contributed by atoms with van der Waals surface area (Å²) in [5, 5.41) is 0.334. The van der Waals surface area contributed by atoms with Crippen molar-refractivity contribution in [2.24, 2.45) is 0 Å². The lowest BCUT2D eigenvalue weighted by atomic mass is 10.2. The Morgan fingerprint density at radius 2 is 2.19 bits per heavy atom. The predicted octanol–water partition coefficient (Wildman–Crippen LogP) is 2.86. The summed E-state index contributed by atoms with van der Waals surface area (Å²) in [6.07, 6.45) is 3.30. The van der Waals surface area contributed by atoms with E-state index in [0.717, 1.165) is 5.56 Å². The van der Waals surface area contributed by atoms with E-state index in [-0.39, 0.29) is 6.61 Å². The van der Waals surface area contributed by atoms with Gasteiger partial charge in [-0.1, -0.05) is 17.7 Å². The summed E-state index contributed by atoms with van der Waals surface area (Å²) >= 11 is 6.09. The van der Waals surface area contributed by atoms with Gasteiger partial charge < -0.3 is 14.2 Å². The first-order chi connectivity index (χ1) is 10.2. The van der Waals surface area contributed by atoms with E-state index in [4.69, 9.17) is 25.8 Å². The molecule has 1 aromatic heterocycles. The van der Waals surface area contributed by atoms with Gasteiger partial charge in [-0.15, -0.1) is 0 Å². The second-order valence-corrected chi connectivity index (χ2v) is 4.83. The fourth-order valence-corrected chi connectivity index (χ4v) is 2.21. The third-order valence-electron chi connectivity index (χ3n) is 2.93. The molecule has 5 nitrogen and oxygen atoms in total. The fraction of sp³-hybridized carbons (Fsp3) is 0.200. The van der Waals surface area contributed by atoms with Crippen molar-refractivity contribution in [2.45, 2.75) is 6.61 Å². The van der Waals surface area contributed by atoms with Crippen LogP contribution in [0.3, 0.4) is 0 Å². The number of benzene rings is 1. The first kappa shape index (κ1) is 13.7. The zero-order valence-electron chi connectivity index (χ0n) is 11.0. The van der Waals surface area contributed by atoms with Crippen molar-refractivity contribution in [2.75, 3.05) is 13.2 Å². The van der Waals surface area contributed by atoms with Crippen LogP contribution in [0.1, 0.15) is 15.9 Å². The Hall–Kier alpha value is -2.27. The number of fused-ring (bicyclic) bond motifs is 1. The Morgan fingerprint density at radius 1 is 1.33 bits per heavy atom. The molecule has 0 fully saturated rings. The van der Waals surface area contributed by atoms with Crippen LogP contribution in [0.15, 0.2) is 36.7 Å². The van der Waals surface area contributed by atoms with Crippen LogP contribution in [-0.4, -0.2) is 24.2 Å². The molecule has 3 rings (SSSR count). The summed E-state index contributed by atoms with van der Waals surface area (Å²) < 4.78 is 16.1. The standard InChI is InChI=1S/C15H12ClNO4/c16-12-6-11(7-13-14(12)20-5-4-19-13)15(18)21-9-10-2-1-3-17-8-10/h1-3,6-8H,4-5,9H2. The number of halogens is 1. The summed E-state index contributed by atoms with van der Waals surface area (Å²) in [5.41, 5.74) is 1.14. The first-order valence-electron chi connectivity index (χ1n) is 6.39. The number of carbonyl (C=O) groups excluding carboxylic acids is 1. The van der Waals surface area contributed by atoms with Crippen molar-refractivity contribution in [3.05, 3.63) is 52.8 Å². The molecule has 1 aromatic carbocycles. The SMILES string of the molecule is O=C(OCc1cccnc1)c1cc(Cl)c2c(c1)OCCO2. The molecule has 21 heavy (non-hydrogen) atoms. The smallest absolute Gasteiger partial charge is 0.338 e. The summed E-state index contributed by atoms with van der Waals surface area (Å²) in [4.78, 5) is 16.0. The van der Waals surface area contributed by atoms with Crippen LogP contribution in [0.25, 0.3) is 0 Å². The van der Waals surface area contributed by atoms with Gasteiger partial charge in [0, 0.05) is 18.0 Å². The molecule has 0 spiro atoms. The topological polar surface area (TPSA) is 57.7 Å². The molecule has 1 aliphatic heterocycles. The van der Waals surface area contributed by atoms with E-state index in [1.165, 1.54) is 6.07 Å². The van der Waals surface area contributed by atoms with Crippen molar-refractivity contribution in [1.82, 2.24) is 4.98 Å². The van der Waals surface area contributed by atoms with Crippen LogP contribution in [0, 0.1) is 0 Å². The number of hydrogen-bond donors (Lipinski definition) is 0. The van der Waals surface area contributed by atoms with Crippen LogP contribution in [0.4, 0.5) is 0 Å². The average Bonchev–Trinajstić information content (AvgIpc) is 2.53. The number of hydrogen-bond acceptors (Lipinski definition) is 5. The van der Waals surface area contributed by atoms with Crippen LogP contribution in [0.2, 0.25) is 5.02 Å². The number of nitrogens with zero attached hydrogens (tertiary/aromatic N) is 1. The minimum atomic E-state index is -0.474. The molecule has 1 aliphatic rings. The quantitative estimate of drug-likeness (QED) is 0.816. The van der Waals surface area contributed by atoms with Gasteiger partial charge >= 0.3 is 5.97 Å². The molecule has 2 aromatic rings. The van der Waals surface area contributed by atoms with Crippen molar-refractivity contribution < 1.29 is 19.0 Å². The number of pyridine rings is 1. The first-order valence-corrected chi connectivity index (χ1v) is 6.77. The summed E-state index contributed by atoms with van der Waals surface area (Å²) in [5.74, 6) is 0.450. The molecule has 108 valence electrons. The maximum atomic E-state index is 12.1. The van der Waals surface area contributed by atoms with E-state index in [0.29, 0.717) is 35.3 Å². The van der Waals surface area contributed by atoms with Gasteiger partial charge in [0.15, 0.2) is 11.5 Å². The Balaban J connectivity index is 1.74. The molecule has 0 unspecified atom stereocenters. The molecule has 2 heterocycles. The minimum absolute atomic E-state index is 0.152. The molecule has 0 saturated heterocycles. The van der Waals surface area contributed by atoms with Crippen molar-refractivity contribution in [3.63, 3.8) is 0 Å². The molecule has 0 bridgehead atoms. The van der Waals surface area contributed by atoms with E-state index in [9.17, 15) is 4.79 Å². The maximum absolute atomic E-state index is 12.1. The van der Waals surface area contributed by atoms with Gasteiger partial charge in [-0.05, 0) is 18.2 Å². The number of aromatic nitrogens is 1. The highest BCUT2D eigenvalue weighted by Crippen LogP contribution is 2.38. The van der Waals surface area contributed by atoms with E-state index >= 15 is 0 Å². The lowest BCUT2D eigenvalue weighted by Crippen LogP contribution is -2.16. The molecule has 6 heteroatoms. The van der Waals surface area contributed by atoms with Crippen molar-refractivity contribution in [1.29, 1.82) is 0 Å². The minimum Gasteiger partial charge on any atom is -0.486 e. The molecule has 0 N–H and O–H groups in total. The Bertz CT molecular complexity index is 660. The molecule has 0 saturated carbocycles. The number of ether oxygens (including phenoxy) is 3.